The maximum absolute atomic E-state index is 12.6. The Morgan fingerprint density at radius 3 is 2.53 bits per heavy atom. The summed E-state index contributed by atoms with van der Waals surface area (Å²) in [6, 6.07) is 21.8. The van der Waals surface area contributed by atoms with Crippen LogP contribution in [0.4, 0.5) is 5.69 Å². The number of oxazole rings is 1. The summed E-state index contributed by atoms with van der Waals surface area (Å²) in [6.45, 7) is 4.37. The smallest absolute Gasteiger partial charge is 0.293 e. The second kappa shape index (κ2) is 11.0. The molecule has 0 fully saturated rings. The van der Waals surface area contributed by atoms with Crippen molar-refractivity contribution < 1.29 is 13.6 Å². The number of rotatable bonds is 6. The number of furan rings is 1. The van der Waals surface area contributed by atoms with E-state index in [-0.39, 0.29) is 10.9 Å². The van der Waals surface area contributed by atoms with E-state index in [0.717, 1.165) is 23.1 Å². The molecule has 0 bridgehead atoms. The van der Waals surface area contributed by atoms with Crippen LogP contribution in [-0.2, 0) is 0 Å². The van der Waals surface area contributed by atoms with Gasteiger partial charge in [0.15, 0.2) is 16.5 Å². The predicted octanol–water partition coefficient (Wildman–Crippen LogP) is 8.70. The second-order valence-electron chi connectivity index (χ2n) is 8.83. The van der Waals surface area contributed by atoms with Crippen molar-refractivity contribution in [3.63, 3.8) is 0 Å². The number of fused-ring (bicyclic) bond motifs is 1. The van der Waals surface area contributed by atoms with Crippen molar-refractivity contribution in [2.75, 3.05) is 5.32 Å². The fourth-order valence-electron chi connectivity index (χ4n) is 3.93. The zero-order valence-corrected chi connectivity index (χ0v) is 22.9. The van der Waals surface area contributed by atoms with Gasteiger partial charge >= 0.3 is 0 Å². The van der Waals surface area contributed by atoms with E-state index >= 15 is 0 Å². The minimum atomic E-state index is -0.487. The van der Waals surface area contributed by atoms with Gasteiger partial charge in [-0.25, -0.2) is 4.98 Å². The molecule has 9 heteroatoms. The van der Waals surface area contributed by atoms with Gasteiger partial charge in [-0.05, 0) is 96.9 Å². The molecule has 38 heavy (non-hydrogen) atoms. The number of aromatic nitrogens is 1. The molecular formula is C29H23Cl2N3O3S. The third-order valence-corrected chi connectivity index (χ3v) is 6.99. The molecule has 3 aromatic carbocycles. The molecule has 0 aliphatic rings. The molecule has 0 radical (unpaired) electrons. The van der Waals surface area contributed by atoms with Crippen molar-refractivity contribution in [2.45, 2.75) is 26.2 Å². The molecule has 1 amide bonds. The van der Waals surface area contributed by atoms with Gasteiger partial charge in [0, 0.05) is 21.8 Å². The van der Waals surface area contributed by atoms with Crippen LogP contribution in [0.2, 0.25) is 10.0 Å². The average molecular weight is 564 g/mol. The maximum atomic E-state index is 12.6. The van der Waals surface area contributed by atoms with Gasteiger partial charge in [-0.3, -0.25) is 10.1 Å². The van der Waals surface area contributed by atoms with E-state index in [1.807, 2.05) is 30.3 Å². The highest BCUT2D eigenvalue weighted by molar-refractivity contribution is 7.80. The summed E-state index contributed by atoms with van der Waals surface area (Å²) in [6.07, 6.45) is 1.06. The molecule has 1 atom stereocenters. The van der Waals surface area contributed by atoms with Crippen LogP contribution >= 0.6 is 35.4 Å². The zero-order chi connectivity index (χ0) is 26.8. The van der Waals surface area contributed by atoms with E-state index in [4.69, 9.17) is 44.3 Å². The quantitative estimate of drug-likeness (QED) is 0.201. The molecule has 5 rings (SSSR count). The fourth-order valence-corrected chi connectivity index (χ4v) is 4.64. The molecule has 5 aromatic rings. The first kappa shape index (κ1) is 26.0. The lowest BCUT2D eigenvalue weighted by Crippen LogP contribution is -2.33. The van der Waals surface area contributed by atoms with Crippen LogP contribution in [0.5, 0.6) is 0 Å². The Bertz CT molecular complexity index is 1640. The van der Waals surface area contributed by atoms with Crippen LogP contribution < -0.4 is 10.6 Å². The summed E-state index contributed by atoms with van der Waals surface area (Å²) < 4.78 is 11.6. The van der Waals surface area contributed by atoms with Gasteiger partial charge in [0.1, 0.15) is 11.3 Å². The third kappa shape index (κ3) is 5.60. The number of hydrogen-bond donors (Lipinski definition) is 2. The van der Waals surface area contributed by atoms with Crippen LogP contribution in [0.3, 0.4) is 0 Å². The van der Waals surface area contributed by atoms with Gasteiger partial charge < -0.3 is 14.2 Å². The Labute approximate surface area is 235 Å². The standard InChI is InChI=1S/C29H23Cl2N3O3S/c1-3-16(2)18-6-11-25-23(14-18)33-28(37-25)17-4-8-20(9-5-17)32-29(38)34-27(35)26-13-12-24(36-26)21-10-7-19(30)15-22(21)31/h4-16H,3H2,1-2H3,(H2,32,34,35,38). The average Bonchev–Trinajstić information content (AvgIpc) is 3.56. The minimum Gasteiger partial charge on any atom is -0.451 e. The van der Waals surface area contributed by atoms with E-state index in [0.29, 0.717) is 38.9 Å². The molecule has 0 saturated carbocycles. The first-order valence-electron chi connectivity index (χ1n) is 12.0. The van der Waals surface area contributed by atoms with Crippen LogP contribution in [-0.4, -0.2) is 16.0 Å². The Morgan fingerprint density at radius 1 is 1.00 bits per heavy atom. The number of halogens is 2. The number of nitrogens with one attached hydrogen (secondary N) is 2. The highest BCUT2D eigenvalue weighted by atomic mass is 35.5. The lowest BCUT2D eigenvalue weighted by molar-refractivity contribution is 0.0951. The lowest BCUT2D eigenvalue weighted by Gasteiger charge is -2.09. The van der Waals surface area contributed by atoms with Crippen molar-refractivity contribution in [3.05, 3.63) is 94.2 Å². The molecule has 0 aliphatic carbocycles. The number of hydrogen-bond acceptors (Lipinski definition) is 5. The van der Waals surface area contributed by atoms with E-state index in [1.54, 1.807) is 30.3 Å². The summed E-state index contributed by atoms with van der Waals surface area (Å²) in [7, 11) is 0. The predicted molar refractivity (Wildman–Crippen MR) is 156 cm³/mol. The normalized spacial score (nSPS) is 11.9. The molecule has 2 N–H and O–H groups in total. The number of nitrogens with zero attached hydrogens (tertiary/aromatic N) is 1. The van der Waals surface area contributed by atoms with E-state index < -0.39 is 5.91 Å². The van der Waals surface area contributed by atoms with E-state index in [1.165, 1.54) is 5.56 Å². The van der Waals surface area contributed by atoms with Gasteiger partial charge in [0.25, 0.3) is 5.91 Å². The van der Waals surface area contributed by atoms with Crippen LogP contribution in [0, 0.1) is 0 Å². The van der Waals surface area contributed by atoms with Crippen LogP contribution in [0.1, 0.15) is 42.3 Å². The van der Waals surface area contributed by atoms with E-state index in [9.17, 15) is 4.79 Å². The SMILES string of the molecule is CCC(C)c1ccc2oc(-c3ccc(NC(=S)NC(=O)c4ccc(-c5ccc(Cl)cc5Cl)o4)cc3)nc2c1. The molecule has 2 heterocycles. The van der Waals surface area contributed by atoms with Crippen molar-refractivity contribution in [3.8, 4) is 22.8 Å². The lowest BCUT2D eigenvalue weighted by atomic mass is 9.98. The van der Waals surface area contributed by atoms with Crippen molar-refractivity contribution >= 4 is 63.2 Å². The molecule has 0 spiro atoms. The number of anilines is 1. The summed E-state index contributed by atoms with van der Waals surface area (Å²) in [5, 5.41) is 6.68. The van der Waals surface area contributed by atoms with E-state index in [2.05, 4.69) is 41.6 Å². The molecule has 0 aliphatic heterocycles. The summed E-state index contributed by atoms with van der Waals surface area (Å²) >= 11 is 17.5. The largest absolute Gasteiger partial charge is 0.451 e. The van der Waals surface area contributed by atoms with Crippen molar-refractivity contribution in [2.24, 2.45) is 0 Å². The van der Waals surface area contributed by atoms with Gasteiger partial charge in [0.05, 0.1) is 5.02 Å². The minimum absolute atomic E-state index is 0.0953. The molecule has 6 nitrogen and oxygen atoms in total. The Kier molecular flexibility index (Phi) is 7.51. The van der Waals surface area contributed by atoms with Gasteiger partial charge in [-0.1, -0.05) is 43.1 Å². The number of carbonyl (C=O) groups is 1. The highest BCUT2D eigenvalue weighted by Gasteiger charge is 2.16. The molecule has 0 saturated heterocycles. The van der Waals surface area contributed by atoms with Crippen molar-refractivity contribution in [1.82, 2.24) is 10.3 Å². The Hall–Kier alpha value is -3.65. The molecule has 1 unspecified atom stereocenters. The van der Waals surface area contributed by atoms with Gasteiger partial charge in [-0.2, -0.15) is 0 Å². The van der Waals surface area contributed by atoms with Crippen LogP contribution in [0.15, 0.2) is 81.6 Å². The number of carbonyl (C=O) groups excluding carboxylic acids is 1. The molecule has 2 aromatic heterocycles. The van der Waals surface area contributed by atoms with Crippen molar-refractivity contribution in [1.29, 1.82) is 0 Å². The first-order chi connectivity index (χ1) is 18.3. The van der Waals surface area contributed by atoms with Gasteiger partial charge in [0.2, 0.25) is 5.89 Å². The van der Waals surface area contributed by atoms with Gasteiger partial charge in [-0.15, -0.1) is 0 Å². The monoisotopic (exact) mass is 563 g/mol. The third-order valence-electron chi connectivity index (χ3n) is 6.24. The Balaban J connectivity index is 1.22. The number of thiocarbonyl (C=S) groups is 1. The number of benzene rings is 3. The molecular weight excluding hydrogens is 541 g/mol. The highest BCUT2D eigenvalue weighted by Crippen LogP contribution is 2.32. The Morgan fingerprint density at radius 2 is 1.79 bits per heavy atom. The first-order valence-corrected chi connectivity index (χ1v) is 13.2. The maximum Gasteiger partial charge on any atom is 0.293 e. The summed E-state index contributed by atoms with van der Waals surface area (Å²) in [5.74, 6) is 1.06. The second-order valence-corrected chi connectivity index (χ2v) is 10.1. The van der Waals surface area contributed by atoms with Crippen LogP contribution in [0.25, 0.3) is 33.9 Å². The zero-order valence-electron chi connectivity index (χ0n) is 20.5. The number of amides is 1. The molecule has 192 valence electrons. The summed E-state index contributed by atoms with van der Waals surface area (Å²) in [4.78, 5) is 17.3. The summed E-state index contributed by atoms with van der Waals surface area (Å²) in [5.41, 5.74) is 4.99. The topological polar surface area (TPSA) is 80.3 Å². The fraction of sp³-hybridized carbons (Fsp3) is 0.138.